The van der Waals surface area contributed by atoms with Crippen molar-refractivity contribution in [2.75, 3.05) is 5.32 Å². The molecule has 6 nitrogen and oxygen atoms in total. The molecule has 0 aliphatic carbocycles. The molecule has 0 aliphatic heterocycles. The number of amides is 1. The van der Waals surface area contributed by atoms with Crippen LogP contribution in [0.25, 0.3) is 5.52 Å². The number of nitrogens with one attached hydrogen (secondary N) is 1. The highest BCUT2D eigenvalue weighted by atomic mass is 79.9. The van der Waals surface area contributed by atoms with Gasteiger partial charge in [0.1, 0.15) is 5.82 Å². The largest absolute Gasteiger partial charge is 0.306 e. The second kappa shape index (κ2) is 4.77. The van der Waals surface area contributed by atoms with E-state index in [4.69, 9.17) is 0 Å². The maximum atomic E-state index is 12.2. The molecule has 0 unspecified atom stereocenters. The van der Waals surface area contributed by atoms with Gasteiger partial charge in [0, 0.05) is 23.1 Å². The average Bonchev–Trinajstić information content (AvgIpc) is 2.82. The molecule has 3 aromatic rings. The zero-order chi connectivity index (χ0) is 13.2. The molecule has 0 bridgehead atoms. The first-order valence-electron chi connectivity index (χ1n) is 5.44. The maximum absolute atomic E-state index is 12.2. The predicted molar refractivity (Wildman–Crippen MR) is 72.9 cm³/mol. The summed E-state index contributed by atoms with van der Waals surface area (Å²) in [6.45, 7) is 0. The van der Waals surface area contributed by atoms with Gasteiger partial charge in [-0.15, -0.1) is 0 Å². The van der Waals surface area contributed by atoms with Crippen molar-refractivity contribution < 1.29 is 4.79 Å². The summed E-state index contributed by atoms with van der Waals surface area (Å²) in [4.78, 5) is 20.2. The lowest BCUT2D eigenvalue weighted by molar-refractivity contribution is 0.102. The van der Waals surface area contributed by atoms with E-state index in [0.29, 0.717) is 16.9 Å². The highest BCUT2D eigenvalue weighted by Gasteiger charge is 2.13. The number of carbonyl (C=O) groups excluding carboxylic acids is 1. The standard InChI is InChI=1S/C12H8BrN5O/c13-8-1-2-15-11(5-8)17-12(19)9-6-16-18-4-3-14-7-10(9)18/h1-7H,(H,15,17,19). The summed E-state index contributed by atoms with van der Waals surface area (Å²) in [6, 6.07) is 3.51. The number of carbonyl (C=O) groups is 1. The topological polar surface area (TPSA) is 72.2 Å². The van der Waals surface area contributed by atoms with Gasteiger partial charge in [0.05, 0.1) is 23.5 Å². The maximum Gasteiger partial charge on any atom is 0.260 e. The quantitative estimate of drug-likeness (QED) is 0.786. The smallest absolute Gasteiger partial charge is 0.260 e. The van der Waals surface area contributed by atoms with E-state index < -0.39 is 0 Å². The number of pyridine rings is 1. The van der Waals surface area contributed by atoms with Gasteiger partial charge in [0.2, 0.25) is 0 Å². The summed E-state index contributed by atoms with van der Waals surface area (Å²) in [5.74, 6) is 0.205. The molecule has 0 aromatic carbocycles. The van der Waals surface area contributed by atoms with Crippen LogP contribution in [0.3, 0.4) is 0 Å². The number of fused-ring (bicyclic) bond motifs is 1. The van der Waals surface area contributed by atoms with Gasteiger partial charge in [-0.25, -0.2) is 9.50 Å². The van der Waals surface area contributed by atoms with Gasteiger partial charge in [-0.3, -0.25) is 9.78 Å². The van der Waals surface area contributed by atoms with Crippen LogP contribution in [0.4, 0.5) is 5.82 Å². The van der Waals surface area contributed by atoms with Gasteiger partial charge in [-0.05, 0) is 12.1 Å². The Hall–Kier alpha value is -2.28. The predicted octanol–water partition coefficient (Wildman–Crippen LogP) is 2.14. The molecule has 1 amide bonds. The highest BCUT2D eigenvalue weighted by molar-refractivity contribution is 9.10. The van der Waals surface area contributed by atoms with Crippen LogP contribution in [0.1, 0.15) is 10.4 Å². The van der Waals surface area contributed by atoms with Gasteiger partial charge in [0.15, 0.2) is 0 Å². The molecule has 1 N–H and O–H groups in total. The molecule has 19 heavy (non-hydrogen) atoms. The molecule has 0 atom stereocenters. The summed E-state index contributed by atoms with van der Waals surface area (Å²) in [5.41, 5.74) is 1.10. The number of aromatic nitrogens is 4. The van der Waals surface area contributed by atoms with Crippen LogP contribution in [-0.4, -0.2) is 25.5 Å². The first kappa shape index (κ1) is 11.8. The summed E-state index contributed by atoms with van der Waals surface area (Å²) in [6.07, 6.45) is 8.00. The van der Waals surface area contributed by atoms with Crippen molar-refractivity contribution in [1.29, 1.82) is 0 Å². The Labute approximate surface area is 116 Å². The third kappa shape index (κ3) is 2.32. The molecule has 0 aliphatic rings. The van der Waals surface area contributed by atoms with Crippen molar-refractivity contribution in [2.24, 2.45) is 0 Å². The lowest BCUT2D eigenvalue weighted by atomic mass is 10.3. The molecule has 3 heterocycles. The zero-order valence-corrected chi connectivity index (χ0v) is 11.2. The number of hydrogen-bond acceptors (Lipinski definition) is 4. The van der Waals surface area contributed by atoms with Gasteiger partial charge >= 0.3 is 0 Å². The Kier molecular flexibility index (Phi) is 2.96. The fourth-order valence-electron chi connectivity index (χ4n) is 1.67. The third-order valence-corrected chi connectivity index (χ3v) is 3.03. The fraction of sp³-hybridized carbons (Fsp3) is 0. The van der Waals surface area contributed by atoms with Crippen molar-refractivity contribution >= 4 is 33.2 Å². The normalized spacial score (nSPS) is 10.6. The second-order valence-electron chi connectivity index (χ2n) is 3.78. The van der Waals surface area contributed by atoms with Crippen molar-refractivity contribution in [2.45, 2.75) is 0 Å². The Morgan fingerprint density at radius 3 is 3.05 bits per heavy atom. The van der Waals surface area contributed by atoms with Crippen molar-refractivity contribution in [3.8, 4) is 0 Å². The lowest BCUT2D eigenvalue weighted by Gasteiger charge is -2.03. The molecule has 3 rings (SSSR count). The van der Waals surface area contributed by atoms with Crippen molar-refractivity contribution in [3.63, 3.8) is 0 Å². The van der Waals surface area contributed by atoms with Crippen LogP contribution in [0.15, 0.2) is 47.6 Å². The fourth-order valence-corrected chi connectivity index (χ4v) is 2.00. The van der Waals surface area contributed by atoms with Crippen LogP contribution in [-0.2, 0) is 0 Å². The summed E-state index contributed by atoms with van der Waals surface area (Å²) < 4.78 is 2.44. The molecule has 7 heteroatoms. The number of rotatable bonds is 2. The Morgan fingerprint density at radius 2 is 2.21 bits per heavy atom. The van der Waals surface area contributed by atoms with E-state index in [-0.39, 0.29) is 5.91 Å². The molecule has 0 saturated carbocycles. The van der Waals surface area contributed by atoms with Crippen molar-refractivity contribution in [1.82, 2.24) is 19.6 Å². The van der Waals surface area contributed by atoms with E-state index in [1.165, 1.54) is 6.20 Å². The molecule has 0 fully saturated rings. The highest BCUT2D eigenvalue weighted by Crippen LogP contribution is 2.15. The summed E-state index contributed by atoms with van der Waals surface area (Å²) >= 11 is 3.32. The van der Waals surface area contributed by atoms with E-state index >= 15 is 0 Å². The zero-order valence-electron chi connectivity index (χ0n) is 9.62. The number of nitrogens with zero attached hydrogens (tertiary/aromatic N) is 4. The molecular formula is C12H8BrN5O. The molecule has 3 aromatic heterocycles. The Morgan fingerprint density at radius 1 is 1.32 bits per heavy atom. The minimum atomic E-state index is -0.270. The van der Waals surface area contributed by atoms with Gasteiger partial charge in [-0.1, -0.05) is 15.9 Å². The van der Waals surface area contributed by atoms with Gasteiger partial charge in [-0.2, -0.15) is 5.10 Å². The van der Waals surface area contributed by atoms with E-state index in [1.54, 1.807) is 41.4 Å². The third-order valence-electron chi connectivity index (χ3n) is 2.53. The number of halogens is 1. The van der Waals surface area contributed by atoms with E-state index in [9.17, 15) is 4.79 Å². The Bertz CT molecular complexity index is 754. The average molecular weight is 318 g/mol. The minimum Gasteiger partial charge on any atom is -0.306 e. The Balaban J connectivity index is 1.92. The van der Waals surface area contributed by atoms with Crippen LogP contribution in [0, 0.1) is 0 Å². The van der Waals surface area contributed by atoms with Gasteiger partial charge < -0.3 is 5.32 Å². The summed E-state index contributed by atoms with van der Waals surface area (Å²) in [7, 11) is 0. The SMILES string of the molecule is O=C(Nc1cc(Br)ccn1)c1cnn2ccncc12. The summed E-state index contributed by atoms with van der Waals surface area (Å²) in [5, 5.41) is 6.80. The van der Waals surface area contributed by atoms with Crippen LogP contribution in [0.5, 0.6) is 0 Å². The van der Waals surface area contributed by atoms with Crippen LogP contribution < -0.4 is 5.32 Å². The first-order chi connectivity index (χ1) is 9.24. The molecular weight excluding hydrogens is 310 g/mol. The number of hydrogen-bond donors (Lipinski definition) is 1. The molecule has 0 radical (unpaired) electrons. The van der Waals surface area contributed by atoms with Crippen LogP contribution in [0.2, 0.25) is 0 Å². The monoisotopic (exact) mass is 317 g/mol. The minimum absolute atomic E-state index is 0.270. The van der Waals surface area contributed by atoms with Crippen molar-refractivity contribution in [3.05, 3.63) is 53.2 Å². The second-order valence-corrected chi connectivity index (χ2v) is 4.69. The molecule has 0 saturated heterocycles. The molecule has 94 valence electrons. The first-order valence-corrected chi connectivity index (χ1v) is 6.23. The van der Waals surface area contributed by atoms with Gasteiger partial charge in [0.25, 0.3) is 5.91 Å². The van der Waals surface area contributed by atoms with E-state index in [0.717, 1.165) is 4.47 Å². The number of anilines is 1. The van der Waals surface area contributed by atoms with E-state index in [2.05, 4.69) is 36.3 Å². The van der Waals surface area contributed by atoms with E-state index in [1.807, 2.05) is 0 Å². The van der Waals surface area contributed by atoms with Crippen LogP contribution >= 0.6 is 15.9 Å². The molecule has 0 spiro atoms. The lowest BCUT2D eigenvalue weighted by Crippen LogP contribution is -2.12.